The number of esters is 1. The topological polar surface area (TPSA) is 87.7 Å². The molecule has 0 fully saturated rings. The second-order valence-corrected chi connectivity index (χ2v) is 4.83. The zero-order valence-electron chi connectivity index (χ0n) is 12.8. The number of hydrogen-bond acceptors (Lipinski definition) is 5. The highest BCUT2D eigenvalue weighted by Crippen LogP contribution is 2.16. The van der Waals surface area contributed by atoms with E-state index in [1.54, 1.807) is 24.3 Å². The molecule has 0 bridgehead atoms. The molecule has 2 aromatic carbocycles. The van der Waals surface area contributed by atoms with Gasteiger partial charge in [-0.05, 0) is 36.4 Å². The first-order chi connectivity index (χ1) is 11.6. The van der Waals surface area contributed by atoms with Gasteiger partial charge in [-0.3, -0.25) is 4.79 Å². The fourth-order valence-corrected chi connectivity index (χ4v) is 1.94. The average Bonchev–Trinajstić information content (AvgIpc) is 2.60. The first kappa shape index (κ1) is 17.4. The van der Waals surface area contributed by atoms with Crippen LogP contribution in [0.2, 0.25) is 0 Å². The zero-order valence-corrected chi connectivity index (χ0v) is 12.8. The molecule has 0 atom stereocenters. The summed E-state index contributed by atoms with van der Waals surface area (Å²) in [5.74, 6) is -1.60. The summed E-state index contributed by atoms with van der Waals surface area (Å²) < 4.78 is 17.8. The highest BCUT2D eigenvalue weighted by atomic mass is 19.1. The van der Waals surface area contributed by atoms with E-state index in [0.29, 0.717) is 11.4 Å². The normalized spacial score (nSPS) is 10.1. The van der Waals surface area contributed by atoms with Crippen molar-refractivity contribution in [2.24, 2.45) is 0 Å². The third-order valence-corrected chi connectivity index (χ3v) is 3.04. The van der Waals surface area contributed by atoms with Crippen molar-refractivity contribution in [1.82, 2.24) is 0 Å². The van der Waals surface area contributed by atoms with Crippen LogP contribution in [0.15, 0.2) is 48.5 Å². The van der Waals surface area contributed by atoms with E-state index in [-0.39, 0.29) is 18.7 Å². The average molecular weight is 332 g/mol. The van der Waals surface area contributed by atoms with E-state index in [1.807, 2.05) is 0 Å². The van der Waals surface area contributed by atoms with Crippen molar-refractivity contribution in [2.75, 3.05) is 30.4 Å². The van der Waals surface area contributed by atoms with Crippen LogP contribution in [0.3, 0.4) is 0 Å². The maximum Gasteiger partial charge on any atom is 0.340 e. The number of carbonyl (C=O) groups is 2. The lowest BCUT2D eigenvalue weighted by Gasteiger charge is -2.11. The van der Waals surface area contributed by atoms with E-state index in [1.165, 1.54) is 24.3 Å². The summed E-state index contributed by atoms with van der Waals surface area (Å²) in [6.07, 6.45) is 0. The van der Waals surface area contributed by atoms with E-state index in [4.69, 9.17) is 9.84 Å². The van der Waals surface area contributed by atoms with Gasteiger partial charge in [-0.15, -0.1) is 0 Å². The lowest BCUT2D eigenvalue weighted by molar-refractivity contribution is -0.119. The maximum atomic E-state index is 12.8. The summed E-state index contributed by atoms with van der Waals surface area (Å²) in [7, 11) is 0. The van der Waals surface area contributed by atoms with Crippen LogP contribution >= 0.6 is 0 Å². The van der Waals surface area contributed by atoms with Crippen molar-refractivity contribution >= 4 is 23.3 Å². The summed E-state index contributed by atoms with van der Waals surface area (Å²) in [6.45, 7) is -0.261. The minimum Gasteiger partial charge on any atom is -0.452 e. The number of para-hydroxylation sites is 1. The van der Waals surface area contributed by atoms with Gasteiger partial charge in [-0.1, -0.05) is 12.1 Å². The quantitative estimate of drug-likeness (QED) is 0.675. The molecule has 24 heavy (non-hydrogen) atoms. The molecular formula is C17H17FN2O4. The second kappa shape index (κ2) is 8.64. The van der Waals surface area contributed by atoms with Gasteiger partial charge >= 0.3 is 5.97 Å². The number of nitrogens with one attached hydrogen (secondary N) is 2. The second-order valence-electron chi connectivity index (χ2n) is 4.83. The molecule has 1 amide bonds. The Morgan fingerprint density at radius 1 is 1.08 bits per heavy atom. The minimum absolute atomic E-state index is 0.0799. The molecule has 0 saturated carbocycles. The van der Waals surface area contributed by atoms with Crippen LogP contribution in [0.4, 0.5) is 15.8 Å². The first-order valence-corrected chi connectivity index (χ1v) is 7.26. The van der Waals surface area contributed by atoms with Crippen molar-refractivity contribution in [1.29, 1.82) is 0 Å². The Morgan fingerprint density at radius 2 is 1.79 bits per heavy atom. The minimum atomic E-state index is -0.662. The predicted octanol–water partition coefficient (Wildman–Crippen LogP) is 2.03. The van der Waals surface area contributed by atoms with Crippen molar-refractivity contribution < 1.29 is 23.8 Å². The molecule has 0 unspecified atom stereocenters. The third kappa shape index (κ3) is 5.06. The lowest BCUT2D eigenvalue weighted by atomic mass is 10.2. The SMILES string of the molecule is O=C(COC(=O)c1ccccc1NCCO)Nc1ccc(F)cc1. The Labute approximate surface area is 138 Å². The van der Waals surface area contributed by atoms with Crippen LogP contribution in [-0.4, -0.2) is 36.7 Å². The Morgan fingerprint density at radius 3 is 2.50 bits per heavy atom. The van der Waals surface area contributed by atoms with Gasteiger partial charge in [-0.25, -0.2) is 9.18 Å². The lowest BCUT2D eigenvalue weighted by Crippen LogP contribution is -2.21. The van der Waals surface area contributed by atoms with Crippen LogP contribution in [0.25, 0.3) is 0 Å². The summed E-state index contributed by atoms with van der Waals surface area (Å²) >= 11 is 0. The number of amides is 1. The van der Waals surface area contributed by atoms with E-state index in [2.05, 4.69) is 10.6 Å². The van der Waals surface area contributed by atoms with Gasteiger partial charge in [0, 0.05) is 17.9 Å². The largest absolute Gasteiger partial charge is 0.452 e. The van der Waals surface area contributed by atoms with Gasteiger partial charge in [0.25, 0.3) is 5.91 Å². The molecule has 0 saturated heterocycles. The van der Waals surface area contributed by atoms with Crippen molar-refractivity contribution in [2.45, 2.75) is 0 Å². The number of hydrogen-bond donors (Lipinski definition) is 3. The Bertz CT molecular complexity index is 704. The van der Waals surface area contributed by atoms with Crippen LogP contribution in [0.5, 0.6) is 0 Å². The standard InChI is InChI=1S/C17H17FN2O4/c18-12-5-7-13(8-6-12)20-16(22)11-24-17(23)14-3-1-2-4-15(14)19-9-10-21/h1-8,19,21H,9-11H2,(H,20,22). The molecule has 2 rings (SSSR count). The highest BCUT2D eigenvalue weighted by molar-refractivity contribution is 5.98. The van der Waals surface area contributed by atoms with Gasteiger partial charge < -0.3 is 20.5 Å². The number of halogens is 1. The third-order valence-electron chi connectivity index (χ3n) is 3.04. The Balaban J connectivity index is 1.90. The van der Waals surface area contributed by atoms with Crippen LogP contribution in [-0.2, 0) is 9.53 Å². The number of rotatable bonds is 7. The monoisotopic (exact) mass is 332 g/mol. The predicted molar refractivity (Wildman–Crippen MR) is 87.3 cm³/mol. The molecule has 2 aromatic rings. The first-order valence-electron chi connectivity index (χ1n) is 7.26. The molecule has 3 N–H and O–H groups in total. The molecule has 126 valence electrons. The summed E-state index contributed by atoms with van der Waals surface area (Å²) in [5, 5.41) is 14.2. The van der Waals surface area contributed by atoms with E-state index >= 15 is 0 Å². The van der Waals surface area contributed by atoms with Crippen molar-refractivity contribution in [3.63, 3.8) is 0 Å². The maximum absolute atomic E-state index is 12.8. The molecule has 6 nitrogen and oxygen atoms in total. The molecular weight excluding hydrogens is 315 g/mol. The van der Waals surface area contributed by atoms with E-state index < -0.39 is 24.3 Å². The Hall–Kier alpha value is -2.93. The highest BCUT2D eigenvalue weighted by Gasteiger charge is 2.14. The van der Waals surface area contributed by atoms with Crippen LogP contribution < -0.4 is 10.6 Å². The number of anilines is 2. The molecule has 0 aromatic heterocycles. The number of ether oxygens (including phenoxy) is 1. The number of aliphatic hydroxyl groups is 1. The molecule has 0 aliphatic rings. The molecule has 0 aliphatic carbocycles. The van der Waals surface area contributed by atoms with E-state index in [0.717, 1.165) is 0 Å². The van der Waals surface area contributed by atoms with Crippen LogP contribution in [0, 0.1) is 5.82 Å². The summed E-state index contributed by atoms with van der Waals surface area (Å²) in [4.78, 5) is 23.8. The molecule has 0 radical (unpaired) electrons. The molecule has 7 heteroatoms. The van der Waals surface area contributed by atoms with Gasteiger partial charge in [0.15, 0.2) is 6.61 Å². The van der Waals surface area contributed by atoms with Gasteiger partial charge in [0.1, 0.15) is 5.82 Å². The number of carbonyl (C=O) groups excluding carboxylic acids is 2. The molecule has 0 spiro atoms. The Kier molecular flexibility index (Phi) is 6.27. The number of benzene rings is 2. The van der Waals surface area contributed by atoms with Crippen LogP contribution in [0.1, 0.15) is 10.4 Å². The smallest absolute Gasteiger partial charge is 0.340 e. The van der Waals surface area contributed by atoms with Gasteiger partial charge in [0.05, 0.1) is 12.2 Å². The summed E-state index contributed by atoms with van der Waals surface area (Å²) in [5.41, 5.74) is 1.18. The molecule has 0 aliphatic heterocycles. The fraction of sp³-hybridized carbons (Fsp3) is 0.176. The molecule has 0 heterocycles. The van der Waals surface area contributed by atoms with E-state index in [9.17, 15) is 14.0 Å². The fourth-order valence-electron chi connectivity index (χ4n) is 1.94. The van der Waals surface area contributed by atoms with Crippen molar-refractivity contribution in [3.8, 4) is 0 Å². The van der Waals surface area contributed by atoms with Gasteiger partial charge in [-0.2, -0.15) is 0 Å². The summed E-state index contributed by atoms with van der Waals surface area (Å²) in [6, 6.07) is 11.9. The van der Waals surface area contributed by atoms with Crippen molar-refractivity contribution in [3.05, 3.63) is 59.9 Å². The zero-order chi connectivity index (χ0) is 17.4. The van der Waals surface area contributed by atoms with Gasteiger partial charge in [0.2, 0.25) is 0 Å². The number of aliphatic hydroxyl groups excluding tert-OH is 1.